The van der Waals surface area contributed by atoms with Crippen LogP contribution in [0.2, 0.25) is 0 Å². The topological polar surface area (TPSA) is 49.8 Å². The Balaban J connectivity index is 2.24. The Kier molecular flexibility index (Phi) is 4.35. The Bertz CT molecular complexity index is 597. The Morgan fingerprint density at radius 1 is 1.05 bits per heavy atom. The van der Waals surface area contributed by atoms with Gasteiger partial charge in [0.15, 0.2) is 0 Å². The summed E-state index contributed by atoms with van der Waals surface area (Å²) in [7, 11) is 0. The molecular formula is C16H20N4. The molecule has 0 amide bonds. The number of hydrogen-bond acceptors (Lipinski definition) is 4. The maximum Gasteiger partial charge on any atom is 0.135 e. The molecule has 1 aromatic heterocycles. The number of aryl methyl sites for hydroxylation is 3. The highest BCUT2D eigenvalue weighted by atomic mass is 15.1. The number of benzene rings is 1. The number of rotatable bonds is 5. The molecule has 0 unspecified atom stereocenters. The summed E-state index contributed by atoms with van der Waals surface area (Å²) in [5, 5.41) is 6.52. The van der Waals surface area contributed by atoms with Gasteiger partial charge in [0.25, 0.3) is 0 Å². The zero-order chi connectivity index (χ0) is 14.5. The number of nitrogens with zero attached hydrogens (tertiary/aromatic N) is 2. The number of nitrogens with one attached hydrogen (secondary N) is 2. The van der Waals surface area contributed by atoms with Crippen LogP contribution < -0.4 is 10.6 Å². The summed E-state index contributed by atoms with van der Waals surface area (Å²) >= 11 is 0. The van der Waals surface area contributed by atoms with Gasteiger partial charge in [0, 0.05) is 18.3 Å². The molecule has 0 radical (unpaired) electrons. The van der Waals surface area contributed by atoms with Crippen molar-refractivity contribution in [2.45, 2.75) is 20.8 Å². The van der Waals surface area contributed by atoms with Gasteiger partial charge in [-0.3, -0.25) is 0 Å². The molecule has 0 aliphatic rings. The molecule has 104 valence electrons. The molecule has 2 N–H and O–H groups in total. The van der Waals surface area contributed by atoms with E-state index in [1.165, 1.54) is 16.7 Å². The van der Waals surface area contributed by atoms with Gasteiger partial charge >= 0.3 is 0 Å². The monoisotopic (exact) mass is 268 g/mol. The third-order valence-corrected chi connectivity index (χ3v) is 3.02. The van der Waals surface area contributed by atoms with E-state index < -0.39 is 0 Å². The first-order valence-corrected chi connectivity index (χ1v) is 6.62. The van der Waals surface area contributed by atoms with Crippen molar-refractivity contribution in [1.82, 2.24) is 9.97 Å². The van der Waals surface area contributed by atoms with Gasteiger partial charge in [0.2, 0.25) is 0 Å². The molecule has 0 saturated carbocycles. The van der Waals surface area contributed by atoms with E-state index in [0.29, 0.717) is 6.54 Å². The molecule has 0 aliphatic carbocycles. The fourth-order valence-electron chi connectivity index (χ4n) is 2.20. The van der Waals surface area contributed by atoms with E-state index in [9.17, 15) is 0 Å². The highest BCUT2D eigenvalue weighted by molar-refractivity contribution is 5.66. The zero-order valence-electron chi connectivity index (χ0n) is 12.2. The van der Waals surface area contributed by atoms with Gasteiger partial charge in [-0.25, -0.2) is 9.97 Å². The van der Waals surface area contributed by atoms with Gasteiger partial charge in [0.1, 0.15) is 18.0 Å². The van der Waals surface area contributed by atoms with Gasteiger partial charge in [0.05, 0.1) is 0 Å². The van der Waals surface area contributed by atoms with E-state index in [0.717, 1.165) is 17.3 Å². The van der Waals surface area contributed by atoms with Gasteiger partial charge < -0.3 is 10.6 Å². The molecule has 0 atom stereocenters. The van der Waals surface area contributed by atoms with E-state index in [-0.39, 0.29) is 0 Å². The van der Waals surface area contributed by atoms with Crippen LogP contribution in [0.15, 0.2) is 37.2 Å². The summed E-state index contributed by atoms with van der Waals surface area (Å²) in [6.45, 7) is 10.7. The average Bonchev–Trinajstić information content (AvgIpc) is 2.41. The minimum atomic E-state index is 0.680. The van der Waals surface area contributed by atoms with Gasteiger partial charge in [-0.15, -0.1) is 6.58 Å². The van der Waals surface area contributed by atoms with Crippen molar-refractivity contribution in [3.63, 3.8) is 0 Å². The molecule has 2 rings (SSSR count). The van der Waals surface area contributed by atoms with Crippen LogP contribution in [0.25, 0.3) is 0 Å². The second-order valence-corrected chi connectivity index (χ2v) is 4.86. The maximum atomic E-state index is 4.26. The second kappa shape index (κ2) is 6.19. The van der Waals surface area contributed by atoms with Crippen LogP contribution in [0.5, 0.6) is 0 Å². The highest BCUT2D eigenvalue weighted by Crippen LogP contribution is 2.25. The van der Waals surface area contributed by atoms with Crippen LogP contribution in [-0.2, 0) is 0 Å². The van der Waals surface area contributed by atoms with Crippen LogP contribution in [0, 0.1) is 20.8 Å². The van der Waals surface area contributed by atoms with Gasteiger partial charge in [-0.1, -0.05) is 23.8 Å². The third-order valence-electron chi connectivity index (χ3n) is 3.02. The molecular weight excluding hydrogens is 248 g/mol. The largest absolute Gasteiger partial charge is 0.366 e. The molecule has 2 aromatic rings. The van der Waals surface area contributed by atoms with E-state index in [1.807, 2.05) is 6.07 Å². The Labute approximate surface area is 120 Å². The summed E-state index contributed by atoms with van der Waals surface area (Å²) in [4.78, 5) is 8.43. The smallest absolute Gasteiger partial charge is 0.135 e. The quantitative estimate of drug-likeness (QED) is 0.811. The van der Waals surface area contributed by atoms with Gasteiger partial charge in [-0.2, -0.15) is 0 Å². The van der Waals surface area contributed by atoms with Crippen molar-refractivity contribution in [3.8, 4) is 0 Å². The standard InChI is InChI=1S/C16H20N4/c1-5-6-17-14-9-15(19-10-18-14)20-16-12(3)7-11(2)8-13(16)4/h5,7-10H,1,6H2,2-4H3,(H2,17,18,19,20). The van der Waals surface area contributed by atoms with Crippen LogP contribution in [0.4, 0.5) is 17.3 Å². The first-order valence-electron chi connectivity index (χ1n) is 6.62. The molecule has 0 bridgehead atoms. The SMILES string of the molecule is C=CCNc1cc(Nc2c(C)cc(C)cc2C)ncn1. The minimum Gasteiger partial charge on any atom is -0.366 e. The zero-order valence-corrected chi connectivity index (χ0v) is 12.2. The molecule has 0 fully saturated rings. The number of aromatic nitrogens is 2. The summed E-state index contributed by atoms with van der Waals surface area (Å²) in [5.74, 6) is 1.56. The molecule has 0 spiro atoms. The van der Waals surface area contributed by atoms with Crippen molar-refractivity contribution < 1.29 is 0 Å². The Morgan fingerprint density at radius 2 is 1.70 bits per heavy atom. The van der Waals surface area contributed by atoms with Crippen molar-refractivity contribution >= 4 is 17.3 Å². The first kappa shape index (κ1) is 14.1. The molecule has 4 nitrogen and oxygen atoms in total. The van der Waals surface area contributed by atoms with Crippen molar-refractivity contribution in [2.75, 3.05) is 17.2 Å². The Morgan fingerprint density at radius 3 is 2.35 bits per heavy atom. The summed E-state index contributed by atoms with van der Waals surface area (Å²) in [6, 6.07) is 6.21. The van der Waals surface area contributed by atoms with Crippen LogP contribution in [0.3, 0.4) is 0 Å². The minimum absolute atomic E-state index is 0.680. The molecule has 0 saturated heterocycles. The third kappa shape index (κ3) is 3.35. The van der Waals surface area contributed by atoms with E-state index in [4.69, 9.17) is 0 Å². The molecule has 1 aromatic carbocycles. The fraction of sp³-hybridized carbons (Fsp3) is 0.250. The van der Waals surface area contributed by atoms with E-state index in [2.05, 4.69) is 60.1 Å². The second-order valence-electron chi connectivity index (χ2n) is 4.86. The van der Waals surface area contributed by atoms with Crippen LogP contribution in [-0.4, -0.2) is 16.5 Å². The predicted molar refractivity (Wildman–Crippen MR) is 84.7 cm³/mol. The lowest BCUT2D eigenvalue weighted by Crippen LogP contribution is -2.03. The number of hydrogen-bond donors (Lipinski definition) is 2. The highest BCUT2D eigenvalue weighted by Gasteiger charge is 2.05. The van der Waals surface area contributed by atoms with E-state index in [1.54, 1.807) is 12.4 Å². The lowest BCUT2D eigenvalue weighted by Gasteiger charge is -2.13. The van der Waals surface area contributed by atoms with Crippen LogP contribution in [0.1, 0.15) is 16.7 Å². The maximum absolute atomic E-state index is 4.26. The van der Waals surface area contributed by atoms with Gasteiger partial charge in [-0.05, 0) is 31.9 Å². The van der Waals surface area contributed by atoms with Crippen LogP contribution >= 0.6 is 0 Å². The van der Waals surface area contributed by atoms with Crippen molar-refractivity contribution in [2.24, 2.45) is 0 Å². The van der Waals surface area contributed by atoms with E-state index >= 15 is 0 Å². The molecule has 4 heteroatoms. The summed E-state index contributed by atoms with van der Waals surface area (Å²) in [5.41, 5.74) is 4.79. The average molecular weight is 268 g/mol. The predicted octanol–water partition coefficient (Wildman–Crippen LogP) is 3.74. The molecule has 1 heterocycles. The molecule has 0 aliphatic heterocycles. The van der Waals surface area contributed by atoms with Crippen molar-refractivity contribution in [1.29, 1.82) is 0 Å². The molecule has 20 heavy (non-hydrogen) atoms. The normalized spacial score (nSPS) is 10.2. The summed E-state index contributed by atoms with van der Waals surface area (Å²) < 4.78 is 0. The summed E-state index contributed by atoms with van der Waals surface area (Å²) in [6.07, 6.45) is 3.34. The number of anilines is 3. The lowest BCUT2D eigenvalue weighted by molar-refractivity contribution is 1.14. The lowest BCUT2D eigenvalue weighted by atomic mass is 10.1. The Hall–Kier alpha value is -2.36. The fourth-order valence-corrected chi connectivity index (χ4v) is 2.20. The van der Waals surface area contributed by atoms with Crippen molar-refractivity contribution in [3.05, 3.63) is 53.9 Å². The first-order chi connectivity index (χ1) is 9.60.